The number of hydrogen-bond acceptors (Lipinski definition) is 3. The molecule has 1 fully saturated rings. The summed E-state index contributed by atoms with van der Waals surface area (Å²) in [6.07, 6.45) is 1.94. The summed E-state index contributed by atoms with van der Waals surface area (Å²) >= 11 is 0. The maximum Gasteiger partial charge on any atom is 0.243 e. The van der Waals surface area contributed by atoms with Gasteiger partial charge in [-0.1, -0.05) is 12.1 Å². The van der Waals surface area contributed by atoms with Gasteiger partial charge in [0.05, 0.1) is 0 Å². The Balaban J connectivity index is 1.97. The molecule has 1 aromatic rings. The van der Waals surface area contributed by atoms with Crippen molar-refractivity contribution in [2.75, 3.05) is 26.7 Å². The van der Waals surface area contributed by atoms with Crippen LogP contribution in [0.25, 0.3) is 0 Å². The first-order valence-electron chi connectivity index (χ1n) is 6.42. The molecule has 0 radical (unpaired) electrons. The zero-order valence-electron chi connectivity index (χ0n) is 11.0. The third kappa shape index (κ3) is 3.75. The summed E-state index contributed by atoms with van der Waals surface area (Å²) in [6.45, 7) is 2.34. The van der Waals surface area contributed by atoms with Crippen LogP contribution < -0.4 is 4.72 Å². The maximum atomic E-state index is 13.5. The first kappa shape index (κ1) is 14.4. The fourth-order valence-electron chi connectivity index (χ4n) is 2.23. The topological polar surface area (TPSA) is 49.4 Å². The number of nitrogens with zero attached hydrogens (tertiary/aromatic N) is 1. The van der Waals surface area contributed by atoms with Crippen molar-refractivity contribution in [3.8, 4) is 0 Å². The predicted octanol–water partition coefficient (Wildman–Crippen LogP) is 1.45. The van der Waals surface area contributed by atoms with Gasteiger partial charge in [-0.05, 0) is 51.0 Å². The Labute approximate surface area is 113 Å². The number of rotatable bonds is 4. The molecule has 4 nitrogen and oxygen atoms in total. The number of benzene rings is 1. The summed E-state index contributed by atoms with van der Waals surface area (Å²) in [7, 11) is -1.69. The van der Waals surface area contributed by atoms with Gasteiger partial charge < -0.3 is 4.90 Å². The first-order valence-corrected chi connectivity index (χ1v) is 7.90. The Morgan fingerprint density at radius 2 is 1.95 bits per heavy atom. The number of halogens is 1. The van der Waals surface area contributed by atoms with Gasteiger partial charge in [-0.3, -0.25) is 0 Å². The lowest BCUT2D eigenvalue weighted by Gasteiger charge is -2.28. The molecule has 1 N–H and O–H groups in total. The van der Waals surface area contributed by atoms with Crippen molar-refractivity contribution in [1.82, 2.24) is 9.62 Å². The smallest absolute Gasteiger partial charge is 0.243 e. The average Bonchev–Trinajstić information content (AvgIpc) is 2.38. The van der Waals surface area contributed by atoms with E-state index >= 15 is 0 Å². The second kappa shape index (κ2) is 5.98. The van der Waals surface area contributed by atoms with Crippen LogP contribution in [0.2, 0.25) is 0 Å². The van der Waals surface area contributed by atoms with Crippen molar-refractivity contribution in [3.63, 3.8) is 0 Å². The third-order valence-corrected chi connectivity index (χ3v) is 4.98. The van der Waals surface area contributed by atoms with Crippen LogP contribution in [0.3, 0.4) is 0 Å². The van der Waals surface area contributed by atoms with Crippen LogP contribution >= 0.6 is 0 Å². The molecule has 6 heteroatoms. The minimum absolute atomic E-state index is 0.275. The average molecular weight is 286 g/mol. The first-order chi connectivity index (χ1) is 8.99. The van der Waals surface area contributed by atoms with Crippen molar-refractivity contribution in [1.29, 1.82) is 0 Å². The predicted molar refractivity (Wildman–Crippen MR) is 71.8 cm³/mol. The van der Waals surface area contributed by atoms with Crippen molar-refractivity contribution < 1.29 is 12.8 Å². The number of sulfonamides is 1. The molecule has 0 spiro atoms. The van der Waals surface area contributed by atoms with Crippen LogP contribution in [0.1, 0.15) is 12.8 Å². The highest BCUT2D eigenvalue weighted by Crippen LogP contribution is 2.17. The van der Waals surface area contributed by atoms with Gasteiger partial charge >= 0.3 is 0 Å². The zero-order chi connectivity index (χ0) is 13.9. The van der Waals surface area contributed by atoms with E-state index < -0.39 is 15.8 Å². The Morgan fingerprint density at radius 3 is 2.58 bits per heavy atom. The van der Waals surface area contributed by atoms with E-state index in [0.29, 0.717) is 12.5 Å². The molecular weight excluding hydrogens is 267 g/mol. The number of hydrogen-bond donors (Lipinski definition) is 1. The van der Waals surface area contributed by atoms with Crippen LogP contribution in [-0.2, 0) is 10.0 Å². The molecule has 0 saturated carbocycles. The summed E-state index contributed by atoms with van der Waals surface area (Å²) in [5, 5.41) is 0. The molecule has 0 aromatic heterocycles. The van der Waals surface area contributed by atoms with E-state index in [1.807, 2.05) is 0 Å². The molecule has 0 atom stereocenters. The Bertz CT molecular complexity index is 525. The van der Waals surface area contributed by atoms with E-state index in [1.165, 1.54) is 18.2 Å². The highest BCUT2D eigenvalue weighted by molar-refractivity contribution is 7.89. The van der Waals surface area contributed by atoms with Crippen molar-refractivity contribution in [2.45, 2.75) is 17.7 Å². The molecule has 19 heavy (non-hydrogen) atoms. The van der Waals surface area contributed by atoms with E-state index in [-0.39, 0.29) is 4.90 Å². The zero-order valence-corrected chi connectivity index (χ0v) is 11.8. The molecule has 2 rings (SSSR count). The van der Waals surface area contributed by atoms with Gasteiger partial charge in [0.1, 0.15) is 10.7 Å². The number of nitrogens with one attached hydrogen (secondary N) is 1. The highest BCUT2D eigenvalue weighted by Gasteiger charge is 2.22. The molecule has 1 aliphatic rings. The molecule has 0 aliphatic carbocycles. The summed E-state index contributed by atoms with van der Waals surface area (Å²) in [4.78, 5) is 1.95. The Hall–Kier alpha value is -0.980. The molecule has 0 bridgehead atoms. The van der Waals surface area contributed by atoms with Gasteiger partial charge in [-0.15, -0.1) is 0 Å². The summed E-state index contributed by atoms with van der Waals surface area (Å²) in [5.74, 6) is -0.379. The third-order valence-electron chi connectivity index (χ3n) is 3.53. The minimum atomic E-state index is -3.74. The molecular formula is C13H19FN2O2S. The second-order valence-electron chi connectivity index (χ2n) is 5.03. The lowest BCUT2D eigenvalue weighted by atomic mass is 9.98. The van der Waals surface area contributed by atoms with E-state index in [0.717, 1.165) is 32.0 Å². The molecule has 106 valence electrons. The highest BCUT2D eigenvalue weighted by atomic mass is 32.2. The largest absolute Gasteiger partial charge is 0.306 e. The van der Waals surface area contributed by atoms with Crippen molar-refractivity contribution in [2.24, 2.45) is 5.92 Å². The molecule has 0 amide bonds. The summed E-state index contributed by atoms with van der Waals surface area (Å²) in [5.41, 5.74) is 0. The van der Waals surface area contributed by atoms with Crippen molar-refractivity contribution >= 4 is 10.0 Å². The minimum Gasteiger partial charge on any atom is -0.306 e. The molecule has 0 unspecified atom stereocenters. The lowest BCUT2D eigenvalue weighted by Crippen LogP contribution is -2.37. The quantitative estimate of drug-likeness (QED) is 0.911. The second-order valence-corrected chi connectivity index (χ2v) is 6.76. The van der Waals surface area contributed by atoms with E-state index in [1.54, 1.807) is 0 Å². The van der Waals surface area contributed by atoms with Gasteiger partial charge in [-0.25, -0.2) is 17.5 Å². The van der Waals surface area contributed by atoms with E-state index in [4.69, 9.17) is 0 Å². The van der Waals surface area contributed by atoms with Gasteiger partial charge in [0.25, 0.3) is 0 Å². The molecule has 1 aliphatic heterocycles. The van der Waals surface area contributed by atoms with Crippen LogP contribution in [0.4, 0.5) is 4.39 Å². The molecule has 1 saturated heterocycles. The summed E-state index contributed by atoms with van der Waals surface area (Å²) in [6, 6.07) is 5.44. The molecule has 1 aromatic carbocycles. The van der Waals surface area contributed by atoms with Gasteiger partial charge in [0, 0.05) is 6.54 Å². The Kier molecular flexibility index (Phi) is 4.54. The fourth-order valence-corrected chi connectivity index (χ4v) is 3.43. The van der Waals surface area contributed by atoms with Crippen LogP contribution in [0.15, 0.2) is 29.2 Å². The fraction of sp³-hybridized carbons (Fsp3) is 0.538. The van der Waals surface area contributed by atoms with Gasteiger partial charge in [0.2, 0.25) is 10.0 Å². The monoisotopic (exact) mass is 286 g/mol. The Morgan fingerprint density at radius 1 is 1.32 bits per heavy atom. The maximum absolute atomic E-state index is 13.5. The van der Waals surface area contributed by atoms with E-state index in [9.17, 15) is 12.8 Å². The molecule has 1 heterocycles. The standard InChI is InChI=1S/C13H19FN2O2S/c1-16-8-6-11(7-9-16)10-15-19(17,18)13-5-3-2-4-12(13)14/h2-5,11,15H,6-10H2,1H3. The van der Waals surface area contributed by atoms with Gasteiger partial charge in [0.15, 0.2) is 0 Å². The van der Waals surface area contributed by atoms with E-state index in [2.05, 4.69) is 16.7 Å². The normalized spacial score (nSPS) is 18.6. The number of likely N-dealkylation sites (tertiary alicyclic amines) is 1. The van der Waals surface area contributed by atoms with Crippen LogP contribution in [0, 0.1) is 11.7 Å². The number of piperidine rings is 1. The SMILES string of the molecule is CN1CCC(CNS(=O)(=O)c2ccccc2F)CC1. The van der Waals surface area contributed by atoms with Crippen molar-refractivity contribution in [3.05, 3.63) is 30.1 Å². The van der Waals surface area contributed by atoms with Crippen LogP contribution in [-0.4, -0.2) is 40.0 Å². The van der Waals surface area contributed by atoms with Crippen LogP contribution in [0.5, 0.6) is 0 Å². The summed E-state index contributed by atoms with van der Waals surface area (Å²) < 4.78 is 40.0. The van der Waals surface area contributed by atoms with Gasteiger partial charge in [-0.2, -0.15) is 0 Å². The lowest BCUT2D eigenvalue weighted by molar-refractivity contribution is 0.220.